The number of carbonyl (C=O) groups is 2. The molecular weight excluding hydrogens is 338 g/mol. The number of hydrazine groups is 1. The molecule has 0 aliphatic heterocycles. The van der Waals surface area contributed by atoms with Gasteiger partial charge in [-0.15, -0.1) is 0 Å². The van der Waals surface area contributed by atoms with E-state index in [4.69, 9.17) is 11.6 Å². The fourth-order valence-corrected chi connectivity index (χ4v) is 2.98. The fraction of sp³-hybridized carbons (Fsp3) is 0.263. The number of nitrogens with one attached hydrogen (secondary N) is 2. The van der Waals surface area contributed by atoms with Crippen molar-refractivity contribution in [3.05, 3.63) is 64.7 Å². The summed E-state index contributed by atoms with van der Waals surface area (Å²) in [5, 5.41) is 0.598. The highest BCUT2D eigenvalue weighted by molar-refractivity contribution is 6.30. The van der Waals surface area contributed by atoms with E-state index in [0.29, 0.717) is 10.6 Å². The van der Waals surface area contributed by atoms with E-state index < -0.39 is 5.41 Å². The molecule has 2 N–H and O–H groups in total. The highest BCUT2D eigenvalue weighted by Crippen LogP contribution is 2.48. The van der Waals surface area contributed by atoms with Crippen molar-refractivity contribution in [2.75, 3.05) is 19.0 Å². The number of halogens is 1. The number of hydrogen-bond acceptors (Lipinski definition) is 3. The van der Waals surface area contributed by atoms with Crippen molar-refractivity contribution in [1.29, 1.82) is 0 Å². The number of carbonyl (C=O) groups excluding carboxylic acids is 2. The monoisotopic (exact) mass is 357 g/mol. The molecule has 0 unspecified atom stereocenters. The highest BCUT2D eigenvalue weighted by atomic mass is 35.5. The van der Waals surface area contributed by atoms with Crippen LogP contribution in [0.2, 0.25) is 5.02 Å². The topological polar surface area (TPSA) is 61.4 Å². The maximum Gasteiger partial charge on any atom is 0.269 e. The molecule has 0 radical (unpaired) electrons. The Morgan fingerprint density at radius 3 is 2.40 bits per heavy atom. The Hall–Kier alpha value is -2.53. The van der Waals surface area contributed by atoms with Crippen molar-refractivity contribution >= 4 is 29.1 Å². The number of nitrogens with zero attached hydrogens (tertiary/aromatic N) is 1. The molecule has 1 aliphatic rings. The second-order valence-electron chi connectivity index (χ2n) is 6.45. The van der Waals surface area contributed by atoms with Gasteiger partial charge >= 0.3 is 0 Å². The fourth-order valence-electron chi connectivity index (χ4n) is 2.79. The first-order chi connectivity index (χ1) is 11.9. The van der Waals surface area contributed by atoms with Crippen LogP contribution in [0.4, 0.5) is 5.69 Å². The van der Waals surface area contributed by atoms with Crippen molar-refractivity contribution in [3.8, 4) is 0 Å². The molecule has 1 saturated carbocycles. The summed E-state index contributed by atoms with van der Waals surface area (Å²) in [7, 11) is 3.81. The first-order valence-corrected chi connectivity index (χ1v) is 8.44. The molecule has 2 amide bonds. The van der Waals surface area contributed by atoms with Gasteiger partial charge in [-0.3, -0.25) is 20.4 Å². The lowest BCUT2D eigenvalue weighted by Crippen LogP contribution is -2.46. The molecule has 2 aromatic rings. The third kappa shape index (κ3) is 3.61. The van der Waals surface area contributed by atoms with Crippen molar-refractivity contribution in [1.82, 2.24) is 10.9 Å². The summed E-state index contributed by atoms with van der Waals surface area (Å²) in [6.45, 7) is 0. The minimum atomic E-state index is -0.594. The van der Waals surface area contributed by atoms with E-state index in [1.165, 1.54) is 0 Å². The molecule has 1 aliphatic carbocycles. The van der Waals surface area contributed by atoms with Gasteiger partial charge in [0, 0.05) is 30.4 Å². The van der Waals surface area contributed by atoms with Gasteiger partial charge in [0.1, 0.15) is 0 Å². The van der Waals surface area contributed by atoms with Crippen molar-refractivity contribution in [3.63, 3.8) is 0 Å². The van der Waals surface area contributed by atoms with E-state index in [0.717, 1.165) is 24.1 Å². The summed E-state index contributed by atoms with van der Waals surface area (Å²) in [4.78, 5) is 26.8. The van der Waals surface area contributed by atoms with Gasteiger partial charge in [-0.05, 0) is 48.7 Å². The Kier molecular flexibility index (Phi) is 4.68. The second kappa shape index (κ2) is 6.76. The molecule has 1 fully saturated rings. The minimum absolute atomic E-state index is 0.216. The summed E-state index contributed by atoms with van der Waals surface area (Å²) in [6.07, 6.45) is 1.48. The standard InChI is InChI=1S/C19H20ClN3O2/c1-23(2)16-8-3-5-13(11-16)17(24)21-22-18(25)19(9-10-19)14-6-4-7-15(20)12-14/h3-8,11-12H,9-10H2,1-2H3,(H,21,24)(H,22,25). The summed E-state index contributed by atoms with van der Waals surface area (Å²) in [6, 6.07) is 14.5. The number of benzene rings is 2. The number of hydrogen-bond donors (Lipinski definition) is 2. The van der Waals surface area contributed by atoms with Crippen LogP contribution in [0.3, 0.4) is 0 Å². The Morgan fingerprint density at radius 2 is 1.76 bits per heavy atom. The molecule has 0 bridgehead atoms. The molecule has 3 rings (SSSR count). The van der Waals surface area contributed by atoms with Crippen LogP contribution in [0, 0.1) is 0 Å². The van der Waals surface area contributed by atoms with Crippen LogP contribution in [0.15, 0.2) is 48.5 Å². The van der Waals surface area contributed by atoms with Gasteiger partial charge in [-0.1, -0.05) is 29.8 Å². The van der Waals surface area contributed by atoms with E-state index in [1.807, 2.05) is 37.2 Å². The van der Waals surface area contributed by atoms with Crippen LogP contribution < -0.4 is 15.8 Å². The Morgan fingerprint density at radius 1 is 1.04 bits per heavy atom. The molecule has 6 heteroatoms. The number of anilines is 1. The SMILES string of the molecule is CN(C)c1cccc(C(=O)NNC(=O)C2(c3cccc(Cl)c3)CC2)c1. The maximum absolute atomic E-state index is 12.6. The summed E-state index contributed by atoms with van der Waals surface area (Å²) < 4.78 is 0. The predicted molar refractivity (Wildman–Crippen MR) is 98.7 cm³/mol. The Labute approximate surface area is 151 Å². The van der Waals surface area contributed by atoms with Crippen molar-refractivity contribution in [2.24, 2.45) is 0 Å². The first kappa shape index (κ1) is 17.3. The molecule has 0 atom stereocenters. The quantitative estimate of drug-likeness (QED) is 0.827. The second-order valence-corrected chi connectivity index (χ2v) is 6.88. The zero-order valence-corrected chi connectivity index (χ0v) is 14.9. The van der Waals surface area contributed by atoms with Crippen LogP contribution in [0.25, 0.3) is 0 Å². The van der Waals surface area contributed by atoms with Gasteiger partial charge in [0.2, 0.25) is 5.91 Å². The first-order valence-electron chi connectivity index (χ1n) is 8.07. The van der Waals surface area contributed by atoms with E-state index >= 15 is 0 Å². The third-order valence-corrected chi connectivity index (χ3v) is 4.71. The summed E-state index contributed by atoms with van der Waals surface area (Å²) in [5.41, 5.74) is 6.74. The molecule has 25 heavy (non-hydrogen) atoms. The molecule has 0 aromatic heterocycles. The summed E-state index contributed by atoms with van der Waals surface area (Å²) in [5.74, 6) is -0.564. The Bertz CT molecular complexity index is 816. The van der Waals surface area contributed by atoms with Gasteiger partial charge in [-0.2, -0.15) is 0 Å². The molecule has 130 valence electrons. The van der Waals surface area contributed by atoms with E-state index in [1.54, 1.807) is 30.3 Å². The average molecular weight is 358 g/mol. The molecule has 2 aromatic carbocycles. The molecule has 0 heterocycles. The zero-order chi connectivity index (χ0) is 18.0. The van der Waals surface area contributed by atoms with Gasteiger partial charge in [0.15, 0.2) is 0 Å². The van der Waals surface area contributed by atoms with E-state index in [2.05, 4.69) is 10.9 Å². The smallest absolute Gasteiger partial charge is 0.269 e. The highest BCUT2D eigenvalue weighted by Gasteiger charge is 2.51. The van der Waals surface area contributed by atoms with Crippen LogP contribution in [-0.4, -0.2) is 25.9 Å². The van der Waals surface area contributed by atoms with Crippen molar-refractivity contribution < 1.29 is 9.59 Å². The number of amides is 2. The van der Waals surface area contributed by atoms with Gasteiger partial charge in [0.05, 0.1) is 5.41 Å². The van der Waals surface area contributed by atoms with Gasteiger partial charge < -0.3 is 4.90 Å². The lowest BCUT2D eigenvalue weighted by Gasteiger charge is -2.17. The third-order valence-electron chi connectivity index (χ3n) is 4.48. The maximum atomic E-state index is 12.6. The Balaban J connectivity index is 1.66. The molecular formula is C19H20ClN3O2. The van der Waals surface area contributed by atoms with E-state index in [9.17, 15) is 9.59 Å². The normalized spacial score (nSPS) is 14.5. The van der Waals surface area contributed by atoms with Gasteiger partial charge in [0.25, 0.3) is 5.91 Å². The van der Waals surface area contributed by atoms with E-state index in [-0.39, 0.29) is 11.8 Å². The van der Waals surface area contributed by atoms with Crippen LogP contribution in [-0.2, 0) is 10.2 Å². The largest absolute Gasteiger partial charge is 0.378 e. The summed E-state index contributed by atoms with van der Waals surface area (Å²) >= 11 is 6.03. The number of rotatable bonds is 4. The van der Waals surface area contributed by atoms with Crippen LogP contribution >= 0.6 is 11.6 Å². The zero-order valence-electron chi connectivity index (χ0n) is 14.2. The van der Waals surface area contributed by atoms with Crippen LogP contribution in [0.5, 0.6) is 0 Å². The molecule has 5 nitrogen and oxygen atoms in total. The molecule has 0 saturated heterocycles. The lowest BCUT2D eigenvalue weighted by atomic mass is 9.95. The van der Waals surface area contributed by atoms with Gasteiger partial charge in [-0.25, -0.2) is 0 Å². The molecule has 0 spiro atoms. The average Bonchev–Trinajstić information content (AvgIpc) is 3.41. The van der Waals surface area contributed by atoms with Crippen molar-refractivity contribution in [2.45, 2.75) is 18.3 Å². The van der Waals surface area contributed by atoms with Crippen LogP contribution in [0.1, 0.15) is 28.8 Å². The lowest BCUT2D eigenvalue weighted by molar-refractivity contribution is -0.124. The predicted octanol–water partition coefficient (Wildman–Crippen LogP) is 2.90. The minimum Gasteiger partial charge on any atom is -0.378 e.